The predicted octanol–water partition coefficient (Wildman–Crippen LogP) is 6.46. The van der Waals surface area contributed by atoms with Crippen LogP contribution in [0.3, 0.4) is 0 Å². The number of halogens is 5. The molecule has 40 heavy (non-hydrogen) atoms. The van der Waals surface area contributed by atoms with E-state index in [-0.39, 0.29) is 39.8 Å². The highest BCUT2D eigenvalue weighted by Gasteiger charge is 2.39. The molecular weight excluding hydrogens is 612 g/mol. The lowest BCUT2D eigenvalue weighted by molar-refractivity contribution is -0.138. The number of benzene rings is 1. The molecule has 0 radical (unpaired) electrons. The second kappa shape index (κ2) is 12.2. The van der Waals surface area contributed by atoms with Crippen molar-refractivity contribution in [2.45, 2.75) is 76.9 Å². The molecule has 0 spiro atoms. The number of hydrogen-bond donors (Lipinski definition) is 1. The topological polar surface area (TPSA) is 78.2 Å². The largest absolute Gasteiger partial charge is 0.423 e. The molecule has 13 heteroatoms. The van der Waals surface area contributed by atoms with Crippen molar-refractivity contribution in [3.05, 3.63) is 67.2 Å². The van der Waals surface area contributed by atoms with Crippen molar-refractivity contribution in [1.82, 2.24) is 14.3 Å². The smallest absolute Gasteiger partial charge is 0.380 e. The number of nitrogens with zero attached hydrogens (tertiary/aromatic N) is 3. The van der Waals surface area contributed by atoms with Crippen LogP contribution in [-0.4, -0.2) is 35.1 Å². The third-order valence-corrected chi connectivity index (χ3v) is 9.46. The fourth-order valence-electron chi connectivity index (χ4n) is 5.00. The van der Waals surface area contributed by atoms with Gasteiger partial charge in [0.2, 0.25) is 0 Å². The first-order valence-corrected chi connectivity index (χ1v) is 17.7. The molecule has 4 rings (SSSR count). The molecule has 1 N–H and O–H groups in total. The Hall–Kier alpha value is -2.51. The average molecular weight is 646 g/mol. The van der Waals surface area contributed by atoms with Crippen molar-refractivity contribution in [2.24, 2.45) is 5.92 Å². The van der Waals surface area contributed by atoms with E-state index in [2.05, 4.69) is 46.0 Å². The summed E-state index contributed by atoms with van der Waals surface area (Å²) in [7, 11) is -1.39. The van der Waals surface area contributed by atoms with Crippen LogP contribution in [0.15, 0.2) is 44.7 Å². The molecule has 2 aromatic heterocycles. The van der Waals surface area contributed by atoms with Crippen molar-refractivity contribution in [2.75, 3.05) is 11.9 Å². The van der Waals surface area contributed by atoms with Gasteiger partial charge in [-0.1, -0.05) is 26.1 Å². The molecule has 1 fully saturated rings. The number of anilines is 1. The van der Waals surface area contributed by atoms with Gasteiger partial charge in [-0.25, -0.2) is 9.07 Å². The molecule has 0 amide bonds. The third-order valence-electron chi connectivity index (χ3n) is 7.15. The van der Waals surface area contributed by atoms with Crippen LogP contribution in [0.25, 0.3) is 10.8 Å². The molecular formula is C27H33BrF4N4O3Si. The molecule has 0 unspecified atom stereocenters. The minimum Gasteiger partial charge on any atom is -0.380 e. The summed E-state index contributed by atoms with van der Waals surface area (Å²) >= 11 is 3.13. The number of fused-ring (bicyclic) bond motifs is 1. The number of rotatable bonds is 9. The van der Waals surface area contributed by atoms with E-state index in [0.717, 1.165) is 25.1 Å². The van der Waals surface area contributed by atoms with Gasteiger partial charge in [-0.05, 0) is 70.7 Å². The Morgan fingerprint density at radius 1 is 1.18 bits per heavy atom. The van der Waals surface area contributed by atoms with Crippen molar-refractivity contribution in [1.29, 1.82) is 0 Å². The molecule has 0 saturated heterocycles. The van der Waals surface area contributed by atoms with Crippen molar-refractivity contribution < 1.29 is 22.3 Å². The molecule has 2 atom stereocenters. The van der Waals surface area contributed by atoms with E-state index < -0.39 is 31.2 Å². The van der Waals surface area contributed by atoms with Crippen LogP contribution in [0.1, 0.15) is 31.2 Å². The highest BCUT2D eigenvalue weighted by molar-refractivity contribution is 9.10. The highest BCUT2D eigenvalue weighted by Crippen LogP contribution is 2.34. The molecule has 1 aliphatic rings. The number of pyridine rings is 1. The van der Waals surface area contributed by atoms with Crippen LogP contribution < -0.4 is 16.4 Å². The summed E-state index contributed by atoms with van der Waals surface area (Å²) in [6.07, 6.45) is 0.460. The monoisotopic (exact) mass is 644 g/mol. The van der Waals surface area contributed by atoms with Crippen molar-refractivity contribution in [3.8, 4) is 0 Å². The van der Waals surface area contributed by atoms with Gasteiger partial charge in [-0.3, -0.25) is 9.59 Å². The van der Waals surface area contributed by atoms with Gasteiger partial charge >= 0.3 is 6.18 Å². The number of nitrogens with one attached hydrogen (secondary N) is 1. The molecule has 1 saturated carbocycles. The first-order valence-electron chi connectivity index (χ1n) is 13.2. The van der Waals surface area contributed by atoms with Gasteiger partial charge in [0.25, 0.3) is 11.1 Å². The second-order valence-electron chi connectivity index (χ2n) is 11.6. The lowest BCUT2D eigenvalue weighted by atomic mass is 9.85. The Kier molecular flexibility index (Phi) is 9.25. The normalized spacial score (nSPS) is 18.3. The molecule has 0 bridgehead atoms. The molecule has 0 aliphatic heterocycles. The minimum atomic E-state index is -4.88. The lowest BCUT2D eigenvalue weighted by Crippen LogP contribution is -2.36. The quantitative estimate of drug-likeness (QED) is 0.164. The summed E-state index contributed by atoms with van der Waals surface area (Å²) in [5.41, 5.74) is -3.22. The maximum Gasteiger partial charge on any atom is 0.423 e. The van der Waals surface area contributed by atoms with Gasteiger partial charge in [0.1, 0.15) is 18.1 Å². The van der Waals surface area contributed by atoms with E-state index in [9.17, 15) is 27.2 Å². The molecule has 1 aliphatic carbocycles. The second-order valence-corrected chi connectivity index (χ2v) is 18.1. The van der Waals surface area contributed by atoms with Gasteiger partial charge in [-0.2, -0.15) is 18.3 Å². The Labute approximate surface area is 238 Å². The summed E-state index contributed by atoms with van der Waals surface area (Å²) in [6.45, 7) is 6.81. The van der Waals surface area contributed by atoms with Crippen LogP contribution in [0.5, 0.6) is 0 Å². The van der Waals surface area contributed by atoms with Gasteiger partial charge in [-0.15, -0.1) is 0 Å². The van der Waals surface area contributed by atoms with Gasteiger partial charge in [0.05, 0.1) is 21.7 Å². The van der Waals surface area contributed by atoms with Crippen LogP contribution in [0.4, 0.5) is 23.2 Å². The van der Waals surface area contributed by atoms with Crippen molar-refractivity contribution >= 4 is 40.5 Å². The molecule has 1 aromatic carbocycles. The summed E-state index contributed by atoms with van der Waals surface area (Å²) in [4.78, 5) is 25.8. The van der Waals surface area contributed by atoms with E-state index in [0.29, 0.717) is 36.1 Å². The Balaban J connectivity index is 1.48. The number of ether oxygens (including phenoxy) is 1. The Bertz CT molecular complexity index is 1490. The summed E-state index contributed by atoms with van der Waals surface area (Å²) < 4.78 is 64.0. The molecule has 3 aromatic rings. The minimum absolute atomic E-state index is 0.00382. The maximum absolute atomic E-state index is 14.0. The fraction of sp³-hybridized carbons (Fsp3) is 0.519. The Morgan fingerprint density at radius 3 is 2.62 bits per heavy atom. The summed E-state index contributed by atoms with van der Waals surface area (Å²) in [6, 6.07) is 4.97. The molecule has 2 heterocycles. The van der Waals surface area contributed by atoms with Gasteiger partial charge in [0, 0.05) is 33.5 Å². The zero-order valence-electron chi connectivity index (χ0n) is 22.7. The van der Waals surface area contributed by atoms with E-state index >= 15 is 0 Å². The van der Waals surface area contributed by atoms with E-state index in [1.54, 1.807) is 18.3 Å². The SMILES string of the molecule is C[Si](C)(C)CCOCn1ncc(N[C@H]2CCC[C@@H](Cn3ccc4cc(Br)c(F)cc4c3=O)C2)c(C(F)(F)F)c1=O. The number of aromatic nitrogens is 3. The molecule has 7 nitrogen and oxygen atoms in total. The van der Waals surface area contributed by atoms with Crippen LogP contribution >= 0.6 is 15.9 Å². The maximum atomic E-state index is 14.0. The zero-order chi connectivity index (χ0) is 29.2. The van der Waals surface area contributed by atoms with Gasteiger partial charge < -0.3 is 14.6 Å². The third kappa shape index (κ3) is 7.41. The van der Waals surface area contributed by atoms with E-state index in [1.807, 2.05) is 0 Å². The lowest BCUT2D eigenvalue weighted by Gasteiger charge is -2.31. The van der Waals surface area contributed by atoms with Crippen LogP contribution in [0.2, 0.25) is 25.7 Å². The molecule has 218 valence electrons. The van der Waals surface area contributed by atoms with Crippen LogP contribution in [0, 0.1) is 11.7 Å². The van der Waals surface area contributed by atoms with E-state index in [4.69, 9.17) is 4.74 Å². The standard InChI is InChI=1S/C27H33BrF4N4O3Si/c1-40(2,3)10-9-39-16-36-26(38)24(27(30,31)32)23(14-33-36)34-19-6-4-5-17(11-19)15-35-8-7-18-12-21(28)22(29)13-20(18)25(35)37/h7-8,12-14,17,19,34H,4-6,9-11,15-16H2,1-3H3/t17-,19+/m1/s1. The highest BCUT2D eigenvalue weighted by atomic mass is 79.9. The summed E-state index contributed by atoms with van der Waals surface area (Å²) in [5, 5.41) is 7.73. The zero-order valence-corrected chi connectivity index (χ0v) is 25.2. The number of alkyl halides is 3. The fourth-order valence-corrected chi connectivity index (χ4v) is 6.12. The first-order chi connectivity index (χ1) is 18.7. The summed E-state index contributed by atoms with van der Waals surface area (Å²) in [5.74, 6) is -0.525. The number of hydrogen-bond acceptors (Lipinski definition) is 5. The average Bonchev–Trinajstić information content (AvgIpc) is 2.85. The first kappa shape index (κ1) is 30.4. The Morgan fingerprint density at radius 2 is 1.93 bits per heavy atom. The van der Waals surface area contributed by atoms with Crippen molar-refractivity contribution in [3.63, 3.8) is 0 Å². The van der Waals surface area contributed by atoms with Crippen LogP contribution in [-0.2, 0) is 24.2 Å². The van der Waals surface area contributed by atoms with Gasteiger partial charge in [0.15, 0.2) is 0 Å². The van der Waals surface area contributed by atoms with E-state index in [1.165, 1.54) is 10.6 Å². The predicted molar refractivity (Wildman–Crippen MR) is 153 cm³/mol.